The Morgan fingerprint density at radius 2 is 1.33 bits per heavy atom. The van der Waals surface area contributed by atoms with Gasteiger partial charge in [-0.1, -0.05) is 60.7 Å². The fourth-order valence-corrected chi connectivity index (χ4v) is 4.99. The minimum Gasteiger partial charge on any atom is -0.312 e. The average Bonchev–Trinajstić information content (AvgIpc) is 2.38. The third-order valence-electron chi connectivity index (χ3n) is 3.34. The summed E-state index contributed by atoms with van der Waals surface area (Å²) >= 11 is 0. The van der Waals surface area contributed by atoms with E-state index in [1.165, 1.54) is 0 Å². The topological polar surface area (TPSA) is 34.1 Å². The van der Waals surface area contributed by atoms with Gasteiger partial charge in [-0.25, -0.2) is 8.42 Å². The Hall–Kier alpha value is -1.65. The Balaban J connectivity index is 2.42. The summed E-state index contributed by atoms with van der Waals surface area (Å²) in [5.41, 5.74) is 1.66. The molecule has 0 N–H and O–H groups in total. The number of sulfone groups is 1. The molecular formula is C17H22NO2S+. The number of nitrogens with zero attached hydrogens (tertiary/aromatic N) is 1. The van der Waals surface area contributed by atoms with Crippen LogP contribution in [0.25, 0.3) is 0 Å². The van der Waals surface area contributed by atoms with Crippen LogP contribution in [0.3, 0.4) is 0 Å². The molecule has 112 valence electrons. The second-order valence-electron chi connectivity index (χ2n) is 6.17. The molecule has 0 aromatic heterocycles. The molecule has 1 atom stereocenters. The lowest BCUT2D eigenvalue weighted by molar-refractivity contribution is -0.887. The molecule has 0 fully saturated rings. The van der Waals surface area contributed by atoms with Crippen LogP contribution in [0.4, 0.5) is 0 Å². The van der Waals surface area contributed by atoms with Gasteiger partial charge in [-0.2, -0.15) is 0 Å². The van der Waals surface area contributed by atoms with E-state index in [2.05, 4.69) is 0 Å². The largest absolute Gasteiger partial charge is 0.312 e. The van der Waals surface area contributed by atoms with E-state index in [1.807, 2.05) is 81.8 Å². The minimum atomic E-state index is -3.31. The van der Waals surface area contributed by atoms with Gasteiger partial charge in [0.1, 0.15) is 0 Å². The van der Waals surface area contributed by atoms with E-state index < -0.39 is 15.2 Å². The summed E-state index contributed by atoms with van der Waals surface area (Å²) in [4.78, 5) is 0. The van der Waals surface area contributed by atoms with Crippen LogP contribution in [0.1, 0.15) is 16.5 Å². The smallest absolute Gasteiger partial charge is 0.216 e. The highest BCUT2D eigenvalue weighted by atomic mass is 32.2. The maximum absolute atomic E-state index is 12.9. The molecule has 0 radical (unpaired) electrons. The molecule has 0 unspecified atom stereocenters. The molecule has 2 aromatic rings. The molecule has 0 bridgehead atoms. The van der Waals surface area contributed by atoms with Crippen LogP contribution in [0.2, 0.25) is 0 Å². The van der Waals surface area contributed by atoms with E-state index in [4.69, 9.17) is 0 Å². The quantitative estimate of drug-likeness (QED) is 0.796. The summed E-state index contributed by atoms with van der Waals surface area (Å²) in [6.45, 7) is 0. The average molecular weight is 304 g/mol. The first-order valence-electron chi connectivity index (χ1n) is 6.92. The number of quaternary nitrogens is 1. The van der Waals surface area contributed by atoms with Gasteiger partial charge in [-0.3, -0.25) is 0 Å². The molecule has 4 heteroatoms. The molecule has 3 nitrogen and oxygen atoms in total. The van der Waals surface area contributed by atoms with E-state index in [1.54, 1.807) is 0 Å². The van der Waals surface area contributed by atoms with Crippen molar-refractivity contribution in [3.8, 4) is 0 Å². The second kappa shape index (κ2) is 6.00. The first-order chi connectivity index (χ1) is 9.81. The Morgan fingerprint density at radius 1 is 0.857 bits per heavy atom. The van der Waals surface area contributed by atoms with Crippen LogP contribution in [0.15, 0.2) is 60.7 Å². The van der Waals surface area contributed by atoms with Gasteiger partial charge in [0.15, 0.2) is 0 Å². The lowest BCUT2D eigenvalue weighted by Crippen LogP contribution is -2.43. The monoisotopic (exact) mass is 304 g/mol. The number of hydrogen-bond acceptors (Lipinski definition) is 2. The van der Waals surface area contributed by atoms with Crippen molar-refractivity contribution in [2.75, 3.05) is 21.1 Å². The SMILES string of the molecule is C[N+](C)(C)[C@H](c1ccccc1)S(=O)(=O)Cc1ccccc1. The molecule has 0 aliphatic heterocycles. The molecule has 2 rings (SSSR count). The van der Waals surface area contributed by atoms with Crippen molar-refractivity contribution in [3.63, 3.8) is 0 Å². The van der Waals surface area contributed by atoms with Crippen LogP contribution >= 0.6 is 0 Å². The van der Waals surface area contributed by atoms with Crippen molar-refractivity contribution < 1.29 is 12.9 Å². The van der Waals surface area contributed by atoms with E-state index in [9.17, 15) is 8.42 Å². The van der Waals surface area contributed by atoms with E-state index in [-0.39, 0.29) is 5.75 Å². The summed E-state index contributed by atoms with van der Waals surface area (Å²) in [6.07, 6.45) is 0. The van der Waals surface area contributed by atoms with Crippen LogP contribution < -0.4 is 0 Å². The Labute approximate surface area is 127 Å². The summed E-state index contributed by atoms with van der Waals surface area (Å²) in [5.74, 6) is 0.0585. The first-order valence-corrected chi connectivity index (χ1v) is 8.64. The van der Waals surface area contributed by atoms with Crippen molar-refractivity contribution >= 4 is 9.84 Å². The Bertz CT molecular complexity index is 674. The highest BCUT2D eigenvalue weighted by molar-refractivity contribution is 7.90. The van der Waals surface area contributed by atoms with Crippen LogP contribution in [0, 0.1) is 0 Å². The number of benzene rings is 2. The molecule has 21 heavy (non-hydrogen) atoms. The zero-order chi connectivity index (χ0) is 15.5. The van der Waals surface area contributed by atoms with E-state index >= 15 is 0 Å². The predicted molar refractivity (Wildman–Crippen MR) is 86.3 cm³/mol. The van der Waals surface area contributed by atoms with Gasteiger partial charge < -0.3 is 4.48 Å². The fourth-order valence-electron chi connectivity index (χ4n) is 2.64. The summed E-state index contributed by atoms with van der Waals surface area (Å²) in [6, 6.07) is 18.8. The number of hydrogen-bond donors (Lipinski definition) is 0. The van der Waals surface area contributed by atoms with Crippen LogP contribution in [-0.2, 0) is 15.6 Å². The van der Waals surface area contributed by atoms with E-state index in [0.717, 1.165) is 11.1 Å². The van der Waals surface area contributed by atoms with E-state index in [0.29, 0.717) is 4.48 Å². The molecule has 2 aromatic carbocycles. The normalized spacial score (nSPS) is 13.9. The van der Waals surface area contributed by atoms with Gasteiger partial charge in [0, 0.05) is 5.56 Å². The molecule has 0 aliphatic carbocycles. The standard InChI is InChI=1S/C17H22NO2S/c1-18(2,3)17(16-12-8-5-9-13-16)21(19,20)14-15-10-6-4-7-11-15/h4-13,17H,14H2,1-3H3/q+1/t17-/m0/s1. The third kappa shape index (κ3) is 3.93. The maximum atomic E-state index is 12.9. The van der Waals surface area contributed by atoms with Gasteiger partial charge >= 0.3 is 0 Å². The lowest BCUT2D eigenvalue weighted by Gasteiger charge is -2.33. The van der Waals surface area contributed by atoms with Crippen molar-refractivity contribution in [1.29, 1.82) is 0 Å². The second-order valence-corrected chi connectivity index (χ2v) is 8.23. The zero-order valence-electron chi connectivity index (χ0n) is 12.7. The maximum Gasteiger partial charge on any atom is 0.216 e. The van der Waals surface area contributed by atoms with Crippen molar-refractivity contribution in [1.82, 2.24) is 0 Å². The molecule has 0 spiro atoms. The molecular weight excluding hydrogens is 282 g/mol. The molecule has 0 heterocycles. The fraction of sp³-hybridized carbons (Fsp3) is 0.294. The summed E-state index contributed by atoms with van der Waals surface area (Å²) < 4.78 is 26.2. The molecule has 0 aliphatic rings. The highest BCUT2D eigenvalue weighted by Gasteiger charge is 2.38. The third-order valence-corrected chi connectivity index (χ3v) is 5.66. The number of rotatable bonds is 5. The zero-order valence-corrected chi connectivity index (χ0v) is 13.5. The van der Waals surface area contributed by atoms with Crippen LogP contribution in [0.5, 0.6) is 0 Å². The van der Waals surface area contributed by atoms with Gasteiger partial charge in [-0.15, -0.1) is 0 Å². The van der Waals surface area contributed by atoms with Gasteiger partial charge in [0.2, 0.25) is 15.2 Å². The first kappa shape index (κ1) is 15.7. The summed E-state index contributed by atoms with van der Waals surface area (Å²) in [5, 5.41) is -0.570. The van der Waals surface area contributed by atoms with Crippen LogP contribution in [-0.4, -0.2) is 34.0 Å². The van der Waals surface area contributed by atoms with Gasteiger partial charge in [-0.05, 0) is 5.56 Å². The summed E-state index contributed by atoms with van der Waals surface area (Å²) in [7, 11) is 2.44. The Morgan fingerprint density at radius 3 is 1.81 bits per heavy atom. The molecule has 0 amide bonds. The van der Waals surface area contributed by atoms with Gasteiger partial charge in [0.05, 0.1) is 26.9 Å². The van der Waals surface area contributed by atoms with Gasteiger partial charge in [0.25, 0.3) is 0 Å². The van der Waals surface area contributed by atoms with Crippen molar-refractivity contribution in [2.45, 2.75) is 11.1 Å². The van der Waals surface area contributed by atoms with Crippen molar-refractivity contribution in [2.24, 2.45) is 0 Å². The highest BCUT2D eigenvalue weighted by Crippen LogP contribution is 2.31. The molecule has 0 saturated heterocycles. The lowest BCUT2D eigenvalue weighted by atomic mass is 10.2. The predicted octanol–water partition coefficient (Wildman–Crippen LogP) is 3.01. The van der Waals surface area contributed by atoms with Crippen molar-refractivity contribution in [3.05, 3.63) is 71.8 Å². The molecule has 0 saturated carbocycles. The minimum absolute atomic E-state index is 0.0585. The Kier molecular flexibility index (Phi) is 4.49.